The molecule has 206 valence electrons. The molecule has 9 nitrogen and oxygen atoms in total. The van der Waals surface area contributed by atoms with Gasteiger partial charge in [0.05, 0.1) is 30.3 Å². The number of carbonyl (C=O) groups excluding carboxylic acids is 4. The van der Waals surface area contributed by atoms with Gasteiger partial charge in [0.1, 0.15) is 17.5 Å². The molecule has 3 heterocycles. The molecule has 10 heteroatoms. The molecule has 4 amide bonds. The van der Waals surface area contributed by atoms with Gasteiger partial charge in [-0.2, -0.15) is 0 Å². The second kappa shape index (κ2) is 10.3. The van der Waals surface area contributed by atoms with Crippen LogP contribution in [0.4, 0.5) is 4.79 Å². The van der Waals surface area contributed by atoms with Gasteiger partial charge in [-0.15, -0.1) is 0 Å². The van der Waals surface area contributed by atoms with Gasteiger partial charge < -0.3 is 14.4 Å². The number of imide groups is 1. The Kier molecular flexibility index (Phi) is 7.17. The summed E-state index contributed by atoms with van der Waals surface area (Å²) in [6, 6.07) is 9.80. The Labute approximate surface area is 236 Å². The minimum Gasteiger partial charge on any atom is -0.488 e. The van der Waals surface area contributed by atoms with Gasteiger partial charge in [0, 0.05) is 36.5 Å². The maximum absolute atomic E-state index is 13.5. The normalized spacial score (nSPS) is 20.7. The summed E-state index contributed by atoms with van der Waals surface area (Å²) in [5, 5.41) is 0. The van der Waals surface area contributed by atoms with E-state index in [-0.39, 0.29) is 18.6 Å². The molecule has 3 aliphatic rings. The zero-order valence-electron chi connectivity index (χ0n) is 22.5. The first kappa shape index (κ1) is 27.2. The zero-order chi connectivity index (χ0) is 28.1. The van der Waals surface area contributed by atoms with Crippen molar-refractivity contribution in [3.8, 4) is 5.75 Å². The average molecular weight is 598 g/mol. The second-order valence-electron chi connectivity index (χ2n) is 11.1. The highest BCUT2D eigenvalue weighted by atomic mass is 79.9. The highest BCUT2D eigenvalue weighted by molar-refractivity contribution is 9.10. The summed E-state index contributed by atoms with van der Waals surface area (Å²) >= 11 is 3.66. The predicted molar refractivity (Wildman–Crippen MR) is 147 cm³/mol. The second-order valence-corrected chi connectivity index (χ2v) is 12.0. The zero-order valence-corrected chi connectivity index (χ0v) is 24.1. The number of ether oxygens (including phenoxy) is 2. The number of carbonyl (C=O) groups is 4. The Morgan fingerprint density at radius 2 is 1.69 bits per heavy atom. The van der Waals surface area contributed by atoms with Gasteiger partial charge in [0.25, 0.3) is 11.8 Å². The lowest BCUT2D eigenvalue weighted by atomic mass is 9.91. The van der Waals surface area contributed by atoms with E-state index in [0.29, 0.717) is 49.4 Å². The molecule has 0 N–H and O–H groups in total. The van der Waals surface area contributed by atoms with E-state index in [1.807, 2.05) is 12.1 Å². The molecule has 3 aliphatic heterocycles. The van der Waals surface area contributed by atoms with E-state index in [4.69, 9.17) is 9.47 Å². The van der Waals surface area contributed by atoms with Gasteiger partial charge in [-0.25, -0.2) is 4.79 Å². The molecule has 2 atom stereocenters. The first-order valence-electron chi connectivity index (χ1n) is 13.1. The maximum atomic E-state index is 13.5. The van der Waals surface area contributed by atoms with Gasteiger partial charge >= 0.3 is 6.09 Å². The Balaban J connectivity index is 1.54. The van der Waals surface area contributed by atoms with Crippen LogP contribution in [0.15, 0.2) is 40.9 Å². The van der Waals surface area contributed by atoms with Crippen molar-refractivity contribution >= 4 is 39.7 Å². The third-order valence-corrected chi connectivity index (χ3v) is 8.06. The maximum Gasteiger partial charge on any atom is 0.410 e. The molecule has 0 bridgehead atoms. The fraction of sp³-hybridized carbons (Fsp3) is 0.448. The number of halogens is 1. The van der Waals surface area contributed by atoms with E-state index in [2.05, 4.69) is 15.9 Å². The first-order valence-corrected chi connectivity index (χ1v) is 13.9. The SMILES string of the molecule is CC(=O)N1CC[C@H](Oc2ccc(Br)c3c2[C@@H](CN2C(=O)c4ccccc4C2=O)N(C(=O)OC(C)(C)C)CC3)C1. The van der Waals surface area contributed by atoms with Crippen molar-refractivity contribution in [3.63, 3.8) is 0 Å². The van der Waals surface area contributed by atoms with E-state index < -0.39 is 29.6 Å². The smallest absolute Gasteiger partial charge is 0.410 e. The molecule has 1 saturated heterocycles. The number of benzene rings is 2. The quantitative estimate of drug-likeness (QED) is 0.479. The lowest BCUT2D eigenvalue weighted by Gasteiger charge is -2.40. The van der Waals surface area contributed by atoms with Crippen molar-refractivity contribution in [2.24, 2.45) is 0 Å². The number of fused-ring (bicyclic) bond motifs is 2. The van der Waals surface area contributed by atoms with Crippen LogP contribution < -0.4 is 4.74 Å². The molecule has 0 unspecified atom stereocenters. The third kappa shape index (κ3) is 5.26. The van der Waals surface area contributed by atoms with Crippen LogP contribution in [-0.2, 0) is 16.0 Å². The molecule has 39 heavy (non-hydrogen) atoms. The number of hydrogen-bond donors (Lipinski definition) is 0. The highest BCUT2D eigenvalue weighted by Crippen LogP contribution is 2.42. The van der Waals surface area contributed by atoms with Crippen molar-refractivity contribution in [1.29, 1.82) is 0 Å². The summed E-state index contributed by atoms with van der Waals surface area (Å²) in [4.78, 5) is 56.5. The topological polar surface area (TPSA) is 96.5 Å². The van der Waals surface area contributed by atoms with E-state index >= 15 is 0 Å². The molecule has 0 saturated carbocycles. The molecular formula is C29H32BrN3O6. The number of amides is 4. The summed E-state index contributed by atoms with van der Waals surface area (Å²) in [7, 11) is 0. The molecule has 1 fully saturated rings. The van der Waals surface area contributed by atoms with Gasteiger partial charge in [-0.05, 0) is 57.0 Å². The molecular weight excluding hydrogens is 566 g/mol. The van der Waals surface area contributed by atoms with Crippen molar-refractivity contribution in [2.75, 3.05) is 26.2 Å². The van der Waals surface area contributed by atoms with Gasteiger partial charge in [0.2, 0.25) is 5.91 Å². The average Bonchev–Trinajstić information content (AvgIpc) is 3.44. The minimum atomic E-state index is -0.728. The van der Waals surface area contributed by atoms with Crippen molar-refractivity contribution in [3.05, 3.63) is 63.1 Å². The molecule has 0 spiro atoms. The van der Waals surface area contributed by atoms with E-state index in [1.54, 1.807) is 61.8 Å². The summed E-state index contributed by atoms with van der Waals surface area (Å²) in [5.74, 6) is -0.216. The summed E-state index contributed by atoms with van der Waals surface area (Å²) < 4.78 is 13.1. The summed E-state index contributed by atoms with van der Waals surface area (Å²) in [6.07, 6.45) is 0.485. The van der Waals surface area contributed by atoms with Crippen LogP contribution in [0.25, 0.3) is 0 Å². The number of rotatable bonds is 4. The molecule has 5 rings (SSSR count). The lowest BCUT2D eigenvalue weighted by Crippen LogP contribution is -2.48. The van der Waals surface area contributed by atoms with Crippen LogP contribution >= 0.6 is 15.9 Å². The van der Waals surface area contributed by atoms with Crippen LogP contribution in [0, 0.1) is 0 Å². The van der Waals surface area contributed by atoms with Crippen molar-refractivity contribution in [1.82, 2.24) is 14.7 Å². The molecule has 0 aromatic heterocycles. The van der Waals surface area contributed by atoms with Crippen molar-refractivity contribution < 1.29 is 28.7 Å². The van der Waals surface area contributed by atoms with Crippen LogP contribution in [0.5, 0.6) is 5.75 Å². The Morgan fingerprint density at radius 3 is 2.28 bits per heavy atom. The molecule has 2 aromatic rings. The van der Waals surface area contributed by atoms with Crippen LogP contribution in [0.2, 0.25) is 0 Å². The Hall–Kier alpha value is -3.40. The first-order chi connectivity index (χ1) is 18.4. The minimum absolute atomic E-state index is 0.00135. The summed E-state index contributed by atoms with van der Waals surface area (Å²) in [5.41, 5.74) is 1.66. The highest BCUT2D eigenvalue weighted by Gasteiger charge is 2.43. The number of likely N-dealkylation sites (tertiary alicyclic amines) is 1. The van der Waals surface area contributed by atoms with Crippen LogP contribution in [0.3, 0.4) is 0 Å². The van der Waals surface area contributed by atoms with E-state index in [9.17, 15) is 19.2 Å². The van der Waals surface area contributed by atoms with Gasteiger partial charge in [-0.1, -0.05) is 28.1 Å². The standard InChI is InChI=1S/C29H32BrN3O6/c1-17(34)31-13-11-18(15-31)38-24-10-9-22(30)21-12-14-32(28(37)39-29(2,3)4)23(25(21)24)16-33-26(35)19-7-5-6-8-20(19)27(33)36/h5-10,18,23H,11-16H2,1-4H3/t18-,23+/m0/s1. The number of nitrogens with zero attached hydrogens (tertiary/aromatic N) is 3. The predicted octanol–water partition coefficient (Wildman–Crippen LogP) is 4.58. The van der Waals surface area contributed by atoms with Gasteiger partial charge in [-0.3, -0.25) is 24.2 Å². The van der Waals surface area contributed by atoms with E-state index in [0.717, 1.165) is 15.6 Å². The van der Waals surface area contributed by atoms with Crippen LogP contribution in [0.1, 0.15) is 72.0 Å². The monoisotopic (exact) mass is 597 g/mol. The Morgan fingerprint density at radius 1 is 1.03 bits per heavy atom. The summed E-state index contributed by atoms with van der Waals surface area (Å²) in [6.45, 7) is 8.33. The van der Waals surface area contributed by atoms with Crippen LogP contribution in [-0.4, -0.2) is 76.4 Å². The van der Waals surface area contributed by atoms with E-state index in [1.165, 1.54) is 4.90 Å². The molecule has 2 aromatic carbocycles. The Bertz CT molecular complexity index is 1320. The van der Waals surface area contributed by atoms with Crippen molar-refractivity contribution in [2.45, 2.75) is 58.3 Å². The number of hydrogen-bond acceptors (Lipinski definition) is 6. The fourth-order valence-corrected chi connectivity index (χ4v) is 6.02. The molecule has 0 aliphatic carbocycles. The third-order valence-electron chi connectivity index (χ3n) is 7.32. The van der Waals surface area contributed by atoms with Gasteiger partial charge in [0.15, 0.2) is 0 Å². The lowest BCUT2D eigenvalue weighted by molar-refractivity contribution is -0.128. The fourth-order valence-electron chi connectivity index (χ4n) is 5.48. The largest absolute Gasteiger partial charge is 0.488 e. The molecule has 0 radical (unpaired) electrons.